The number of nitrogens with one attached hydrogen (secondary N) is 1. The van der Waals surface area contributed by atoms with E-state index in [1.807, 2.05) is 42.5 Å². The second kappa shape index (κ2) is 7.77. The summed E-state index contributed by atoms with van der Waals surface area (Å²) < 4.78 is 0. The first-order chi connectivity index (χ1) is 12.1. The molecule has 3 aromatic rings. The fraction of sp³-hybridized carbons (Fsp3) is 0.105. The van der Waals surface area contributed by atoms with Gasteiger partial charge in [0.05, 0.1) is 0 Å². The minimum absolute atomic E-state index is 0.175. The van der Waals surface area contributed by atoms with E-state index in [1.54, 1.807) is 36.2 Å². The number of carbonyl (C=O) groups is 1. The highest BCUT2D eigenvalue weighted by atomic mass is 35.5. The van der Waals surface area contributed by atoms with Crippen molar-refractivity contribution in [2.45, 2.75) is 6.54 Å². The van der Waals surface area contributed by atoms with Gasteiger partial charge in [-0.25, -0.2) is 0 Å². The van der Waals surface area contributed by atoms with Crippen molar-refractivity contribution < 1.29 is 4.79 Å². The van der Waals surface area contributed by atoms with Crippen molar-refractivity contribution in [1.29, 1.82) is 0 Å². The van der Waals surface area contributed by atoms with Gasteiger partial charge in [0.25, 0.3) is 5.91 Å². The molecule has 0 aliphatic rings. The molecule has 1 amide bonds. The van der Waals surface area contributed by atoms with E-state index in [0.29, 0.717) is 23.1 Å². The van der Waals surface area contributed by atoms with Crippen LogP contribution in [0.3, 0.4) is 0 Å². The molecule has 1 heterocycles. The molecule has 25 heavy (non-hydrogen) atoms. The molecule has 3 rings (SSSR count). The van der Waals surface area contributed by atoms with Crippen LogP contribution in [0.15, 0.2) is 66.7 Å². The van der Waals surface area contributed by atoms with Gasteiger partial charge in [0.15, 0.2) is 11.5 Å². The summed E-state index contributed by atoms with van der Waals surface area (Å²) in [5.74, 6) is 0.371. The molecule has 0 bridgehead atoms. The number of benzene rings is 2. The molecular weight excluding hydrogens is 336 g/mol. The van der Waals surface area contributed by atoms with Gasteiger partial charge in [-0.3, -0.25) is 4.79 Å². The maximum absolute atomic E-state index is 12.4. The van der Waals surface area contributed by atoms with E-state index in [9.17, 15) is 4.79 Å². The van der Waals surface area contributed by atoms with Gasteiger partial charge in [0.1, 0.15) is 0 Å². The standard InChI is InChI=1S/C19H17ClN4O/c1-24(13-14-6-3-2-4-7-14)19(25)17-10-11-18(23-22-17)21-16-9-5-8-15(20)12-16/h2-12H,13H2,1H3,(H,21,23). The summed E-state index contributed by atoms with van der Waals surface area (Å²) in [6.07, 6.45) is 0. The molecular formula is C19H17ClN4O. The molecule has 0 fully saturated rings. The Hall–Kier alpha value is -2.92. The summed E-state index contributed by atoms with van der Waals surface area (Å²) in [7, 11) is 1.75. The van der Waals surface area contributed by atoms with Crippen LogP contribution < -0.4 is 5.32 Å². The number of rotatable bonds is 5. The summed E-state index contributed by atoms with van der Waals surface area (Å²) in [6, 6.07) is 20.5. The lowest BCUT2D eigenvalue weighted by molar-refractivity contribution is 0.0778. The minimum Gasteiger partial charge on any atom is -0.339 e. The number of nitrogens with zero attached hydrogens (tertiary/aromatic N) is 3. The topological polar surface area (TPSA) is 58.1 Å². The maximum Gasteiger partial charge on any atom is 0.274 e. The average Bonchev–Trinajstić information content (AvgIpc) is 2.62. The molecule has 126 valence electrons. The molecule has 2 aromatic carbocycles. The molecule has 5 nitrogen and oxygen atoms in total. The third-order valence-electron chi connectivity index (χ3n) is 3.59. The van der Waals surface area contributed by atoms with Gasteiger partial charge in [0, 0.05) is 24.3 Å². The van der Waals surface area contributed by atoms with Gasteiger partial charge < -0.3 is 10.2 Å². The first-order valence-electron chi connectivity index (χ1n) is 7.77. The lowest BCUT2D eigenvalue weighted by Crippen LogP contribution is -2.27. The Bertz CT molecular complexity index is 853. The summed E-state index contributed by atoms with van der Waals surface area (Å²) in [5.41, 5.74) is 2.17. The van der Waals surface area contributed by atoms with Crippen molar-refractivity contribution in [2.75, 3.05) is 12.4 Å². The maximum atomic E-state index is 12.4. The number of carbonyl (C=O) groups excluding carboxylic acids is 1. The largest absolute Gasteiger partial charge is 0.339 e. The fourth-order valence-corrected chi connectivity index (χ4v) is 2.54. The van der Waals surface area contributed by atoms with Crippen molar-refractivity contribution in [3.8, 4) is 0 Å². The van der Waals surface area contributed by atoms with Crippen molar-refractivity contribution in [3.63, 3.8) is 0 Å². The van der Waals surface area contributed by atoms with Crippen LogP contribution in [0.5, 0.6) is 0 Å². The average molecular weight is 353 g/mol. The highest BCUT2D eigenvalue weighted by molar-refractivity contribution is 6.30. The molecule has 0 saturated carbocycles. The Morgan fingerprint density at radius 1 is 1.04 bits per heavy atom. The third-order valence-corrected chi connectivity index (χ3v) is 3.83. The Balaban J connectivity index is 1.66. The second-order valence-electron chi connectivity index (χ2n) is 5.59. The highest BCUT2D eigenvalue weighted by Crippen LogP contribution is 2.18. The number of hydrogen-bond donors (Lipinski definition) is 1. The number of hydrogen-bond acceptors (Lipinski definition) is 4. The third kappa shape index (κ3) is 4.55. The van der Waals surface area contributed by atoms with Gasteiger partial charge >= 0.3 is 0 Å². The predicted molar refractivity (Wildman–Crippen MR) is 99.0 cm³/mol. The van der Waals surface area contributed by atoms with Crippen molar-refractivity contribution in [2.24, 2.45) is 0 Å². The zero-order valence-electron chi connectivity index (χ0n) is 13.7. The van der Waals surface area contributed by atoms with Gasteiger partial charge in [-0.1, -0.05) is 48.0 Å². The van der Waals surface area contributed by atoms with Crippen LogP contribution in [-0.4, -0.2) is 28.1 Å². The van der Waals surface area contributed by atoms with Crippen LogP contribution in [-0.2, 0) is 6.54 Å². The molecule has 1 aromatic heterocycles. The number of aromatic nitrogens is 2. The van der Waals surface area contributed by atoms with E-state index in [1.165, 1.54) is 0 Å². The SMILES string of the molecule is CN(Cc1ccccc1)C(=O)c1ccc(Nc2cccc(Cl)c2)nn1. The van der Waals surface area contributed by atoms with Crippen LogP contribution in [0.25, 0.3) is 0 Å². The molecule has 0 aliphatic carbocycles. The Morgan fingerprint density at radius 2 is 1.84 bits per heavy atom. The quantitative estimate of drug-likeness (QED) is 0.749. The molecule has 0 saturated heterocycles. The van der Waals surface area contributed by atoms with E-state index in [2.05, 4.69) is 15.5 Å². The molecule has 0 radical (unpaired) electrons. The van der Waals surface area contributed by atoms with Crippen LogP contribution in [0.1, 0.15) is 16.1 Å². The summed E-state index contributed by atoms with van der Waals surface area (Å²) in [5, 5.41) is 11.8. The summed E-state index contributed by atoms with van der Waals surface area (Å²) in [6.45, 7) is 0.518. The molecule has 0 unspecified atom stereocenters. The monoisotopic (exact) mass is 352 g/mol. The molecule has 0 spiro atoms. The zero-order chi connectivity index (χ0) is 17.6. The Labute approximate surface area is 151 Å². The summed E-state index contributed by atoms with van der Waals surface area (Å²) in [4.78, 5) is 14.1. The first kappa shape index (κ1) is 16.9. The molecule has 6 heteroatoms. The fourth-order valence-electron chi connectivity index (χ4n) is 2.35. The number of halogens is 1. The van der Waals surface area contributed by atoms with Gasteiger partial charge in [-0.2, -0.15) is 0 Å². The zero-order valence-corrected chi connectivity index (χ0v) is 14.4. The van der Waals surface area contributed by atoms with Gasteiger partial charge in [0.2, 0.25) is 0 Å². The normalized spacial score (nSPS) is 10.3. The lowest BCUT2D eigenvalue weighted by Gasteiger charge is -2.16. The van der Waals surface area contributed by atoms with Crippen LogP contribution in [0.4, 0.5) is 11.5 Å². The Kier molecular flexibility index (Phi) is 5.26. The molecule has 0 aliphatic heterocycles. The second-order valence-corrected chi connectivity index (χ2v) is 6.02. The Morgan fingerprint density at radius 3 is 2.52 bits per heavy atom. The predicted octanol–water partition coefficient (Wildman–Crippen LogP) is 4.15. The van der Waals surface area contributed by atoms with Gasteiger partial charge in [-0.05, 0) is 35.9 Å². The van der Waals surface area contributed by atoms with E-state index in [4.69, 9.17) is 11.6 Å². The van der Waals surface area contributed by atoms with Crippen LogP contribution >= 0.6 is 11.6 Å². The van der Waals surface area contributed by atoms with E-state index in [0.717, 1.165) is 11.3 Å². The summed E-state index contributed by atoms with van der Waals surface area (Å²) >= 11 is 5.95. The molecule has 1 N–H and O–H groups in total. The lowest BCUT2D eigenvalue weighted by atomic mass is 10.2. The number of anilines is 2. The van der Waals surface area contributed by atoms with Crippen LogP contribution in [0, 0.1) is 0 Å². The molecule has 0 atom stereocenters. The number of amides is 1. The highest BCUT2D eigenvalue weighted by Gasteiger charge is 2.14. The van der Waals surface area contributed by atoms with Gasteiger partial charge in [-0.15, -0.1) is 10.2 Å². The first-order valence-corrected chi connectivity index (χ1v) is 8.15. The van der Waals surface area contributed by atoms with Crippen LogP contribution in [0.2, 0.25) is 5.02 Å². The smallest absolute Gasteiger partial charge is 0.274 e. The van der Waals surface area contributed by atoms with Crippen molar-refractivity contribution in [3.05, 3.63) is 83.0 Å². The van der Waals surface area contributed by atoms with Crippen molar-refractivity contribution >= 4 is 29.0 Å². The van der Waals surface area contributed by atoms with E-state index >= 15 is 0 Å². The minimum atomic E-state index is -0.175. The van der Waals surface area contributed by atoms with E-state index in [-0.39, 0.29) is 5.91 Å². The van der Waals surface area contributed by atoms with Crippen molar-refractivity contribution in [1.82, 2.24) is 15.1 Å². The van der Waals surface area contributed by atoms with E-state index < -0.39 is 0 Å².